The molecular formula is C14H18ClN3O3. The second kappa shape index (κ2) is 6.58. The number of halogens is 1. The topological polar surface area (TPSA) is 64.5 Å². The van der Waals surface area contributed by atoms with E-state index < -0.39 is 0 Å². The lowest BCUT2D eigenvalue weighted by Gasteiger charge is -2.33. The van der Waals surface area contributed by atoms with Crippen molar-refractivity contribution in [3.05, 3.63) is 17.4 Å². The van der Waals surface area contributed by atoms with Crippen molar-refractivity contribution in [2.24, 2.45) is 5.92 Å². The van der Waals surface area contributed by atoms with Gasteiger partial charge in [0.1, 0.15) is 6.10 Å². The zero-order valence-electron chi connectivity index (χ0n) is 11.7. The molecule has 3 rings (SSSR count). The lowest BCUT2D eigenvalue weighted by molar-refractivity contribution is -0.138. The maximum atomic E-state index is 12.4. The van der Waals surface area contributed by atoms with Gasteiger partial charge in [-0.25, -0.2) is 9.97 Å². The third-order valence-electron chi connectivity index (χ3n) is 3.84. The predicted molar refractivity (Wildman–Crippen MR) is 76.2 cm³/mol. The Hall–Kier alpha value is -1.40. The van der Waals surface area contributed by atoms with Crippen molar-refractivity contribution in [1.82, 2.24) is 14.9 Å². The summed E-state index contributed by atoms with van der Waals surface area (Å²) in [4.78, 5) is 22.3. The number of hydrogen-bond acceptors (Lipinski definition) is 5. The highest BCUT2D eigenvalue weighted by Crippen LogP contribution is 2.21. The lowest BCUT2D eigenvalue weighted by Crippen LogP contribution is -2.46. The smallest absolute Gasteiger partial charge is 0.316 e. The average Bonchev–Trinajstić information content (AvgIpc) is 3.03. The molecule has 2 aliphatic heterocycles. The molecular weight excluding hydrogens is 294 g/mol. The zero-order chi connectivity index (χ0) is 14.7. The molecule has 0 saturated carbocycles. The molecule has 0 aromatic carbocycles. The fraction of sp³-hybridized carbons (Fsp3) is 0.643. The highest BCUT2D eigenvalue weighted by atomic mass is 35.5. The van der Waals surface area contributed by atoms with Crippen LogP contribution in [-0.2, 0) is 9.53 Å². The van der Waals surface area contributed by atoms with Gasteiger partial charge in [-0.1, -0.05) is 11.6 Å². The van der Waals surface area contributed by atoms with Crippen molar-refractivity contribution in [2.45, 2.75) is 25.4 Å². The number of nitrogens with zero attached hydrogens (tertiary/aromatic N) is 3. The standard InChI is InChI=1S/C14H18ClN3O3/c15-11-6-16-14(17-7-11)21-12-2-1-4-18(8-12)13(19)10-3-5-20-9-10/h6-7,10,12H,1-5,8-9H2. The second-order valence-corrected chi connectivity index (χ2v) is 5.85. The van der Waals surface area contributed by atoms with Gasteiger partial charge in [-0.05, 0) is 19.3 Å². The molecule has 2 aliphatic rings. The van der Waals surface area contributed by atoms with Gasteiger partial charge >= 0.3 is 6.01 Å². The van der Waals surface area contributed by atoms with Gasteiger partial charge in [0, 0.05) is 13.2 Å². The maximum absolute atomic E-state index is 12.4. The molecule has 2 atom stereocenters. The van der Waals surface area contributed by atoms with Gasteiger partial charge in [0.2, 0.25) is 5.91 Å². The van der Waals surface area contributed by atoms with Crippen LogP contribution in [0.1, 0.15) is 19.3 Å². The van der Waals surface area contributed by atoms with Crippen molar-refractivity contribution in [1.29, 1.82) is 0 Å². The Morgan fingerprint density at radius 3 is 2.90 bits per heavy atom. The number of amides is 1. The highest BCUT2D eigenvalue weighted by Gasteiger charge is 2.32. The molecule has 1 amide bonds. The first kappa shape index (κ1) is 14.5. The summed E-state index contributed by atoms with van der Waals surface area (Å²) >= 11 is 5.75. The molecule has 2 fully saturated rings. The van der Waals surface area contributed by atoms with E-state index in [1.54, 1.807) is 0 Å². The minimum Gasteiger partial charge on any atom is -0.458 e. The highest BCUT2D eigenvalue weighted by molar-refractivity contribution is 6.30. The van der Waals surface area contributed by atoms with Crippen LogP contribution in [0.5, 0.6) is 6.01 Å². The molecule has 0 radical (unpaired) electrons. The van der Waals surface area contributed by atoms with Crippen LogP contribution in [0.15, 0.2) is 12.4 Å². The van der Waals surface area contributed by atoms with E-state index in [1.165, 1.54) is 12.4 Å². The van der Waals surface area contributed by atoms with Crippen LogP contribution in [0.3, 0.4) is 0 Å². The van der Waals surface area contributed by atoms with Gasteiger partial charge in [-0.3, -0.25) is 4.79 Å². The number of hydrogen-bond donors (Lipinski definition) is 0. The SMILES string of the molecule is O=C(C1CCOC1)N1CCCC(Oc2ncc(Cl)cn2)C1. The summed E-state index contributed by atoms with van der Waals surface area (Å²) < 4.78 is 11.0. The number of carbonyl (C=O) groups excluding carboxylic acids is 1. The van der Waals surface area contributed by atoms with Crippen LogP contribution in [0, 0.1) is 5.92 Å². The van der Waals surface area contributed by atoms with Gasteiger partial charge in [-0.2, -0.15) is 0 Å². The molecule has 0 spiro atoms. The molecule has 2 saturated heterocycles. The van der Waals surface area contributed by atoms with Crippen LogP contribution in [0.25, 0.3) is 0 Å². The predicted octanol–water partition coefficient (Wildman–Crippen LogP) is 1.54. The molecule has 0 aliphatic carbocycles. The van der Waals surface area contributed by atoms with E-state index in [0.29, 0.717) is 30.8 Å². The van der Waals surface area contributed by atoms with Crippen LogP contribution in [0.2, 0.25) is 5.02 Å². The number of carbonyl (C=O) groups is 1. The van der Waals surface area contributed by atoms with E-state index in [1.807, 2.05) is 4.90 Å². The van der Waals surface area contributed by atoms with E-state index in [2.05, 4.69) is 9.97 Å². The van der Waals surface area contributed by atoms with Crippen molar-refractivity contribution in [3.8, 4) is 6.01 Å². The summed E-state index contributed by atoms with van der Waals surface area (Å²) in [5.74, 6) is 0.188. The van der Waals surface area contributed by atoms with Crippen LogP contribution >= 0.6 is 11.6 Å². The minimum absolute atomic E-state index is 0.00975. The first-order valence-electron chi connectivity index (χ1n) is 7.23. The quantitative estimate of drug-likeness (QED) is 0.847. The number of likely N-dealkylation sites (tertiary alicyclic amines) is 1. The Balaban J connectivity index is 1.57. The van der Waals surface area contributed by atoms with Gasteiger partial charge in [-0.15, -0.1) is 0 Å². The molecule has 3 heterocycles. The Morgan fingerprint density at radius 2 is 2.19 bits per heavy atom. The fourth-order valence-electron chi connectivity index (χ4n) is 2.73. The van der Waals surface area contributed by atoms with Crippen molar-refractivity contribution in [3.63, 3.8) is 0 Å². The Labute approximate surface area is 128 Å². The number of rotatable bonds is 3. The third kappa shape index (κ3) is 3.63. The van der Waals surface area contributed by atoms with Crippen LogP contribution in [-0.4, -0.2) is 53.2 Å². The molecule has 1 aromatic heterocycles. The molecule has 0 N–H and O–H groups in total. The molecule has 114 valence electrons. The lowest BCUT2D eigenvalue weighted by atomic mass is 10.0. The Morgan fingerprint density at radius 1 is 1.38 bits per heavy atom. The largest absolute Gasteiger partial charge is 0.458 e. The first-order chi connectivity index (χ1) is 10.2. The van der Waals surface area contributed by atoms with Crippen LogP contribution in [0.4, 0.5) is 0 Å². The normalized spacial score (nSPS) is 25.9. The van der Waals surface area contributed by atoms with E-state index in [0.717, 1.165) is 25.8 Å². The molecule has 0 bridgehead atoms. The number of piperidine rings is 1. The zero-order valence-corrected chi connectivity index (χ0v) is 12.5. The minimum atomic E-state index is -0.0637. The fourth-order valence-corrected chi connectivity index (χ4v) is 2.83. The number of ether oxygens (including phenoxy) is 2. The van der Waals surface area contributed by atoms with Crippen LogP contribution < -0.4 is 4.74 Å². The Bertz CT molecular complexity index is 491. The van der Waals surface area contributed by atoms with E-state index in [9.17, 15) is 4.79 Å². The third-order valence-corrected chi connectivity index (χ3v) is 4.03. The Kier molecular flexibility index (Phi) is 4.55. The molecule has 7 heteroatoms. The van der Waals surface area contributed by atoms with Gasteiger partial charge < -0.3 is 14.4 Å². The van der Waals surface area contributed by atoms with Gasteiger partial charge in [0.25, 0.3) is 0 Å². The summed E-state index contributed by atoms with van der Waals surface area (Å²) in [6.45, 7) is 2.60. The monoisotopic (exact) mass is 311 g/mol. The summed E-state index contributed by atoms with van der Waals surface area (Å²) in [5, 5.41) is 0.476. The second-order valence-electron chi connectivity index (χ2n) is 5.41. The average molecular weight is 312 g/mol. The summed E-state index contributed by atoms with van der Waals surface area (Å²) in [6.07, 6.45) is 5.60. The van der Waals surface area contributed by atoms with E-state index in [4.69, 9.17) is 21.1 Å². The van der Waals surface area contributed by atoms with Crippen molar-refractivity contribution in [2.75, 3.05) is 26.3 Å². The van der Waals surface area contributed by atoms with Gasteiger partial charge in [0.05, 0.1) is 36.5 Å². The maximum Gasteiger partial charge on any atom is 0.316 e. The first-order valence-corrected chi connectivity index (χ1v) is 7.61. The number of aromatic nitrogens is 2. The summed E-state index contributed by atoms with van der Waals surface area (Å²) in [6, 6.07) is 0.308. The molecule has 2 unspecified atom stereocenters. The van der Waals surface area contributed by atoms with E-state index >= 15 is 0 Å². The van der Waals surface area contributed by atoms with Crippen molar-refractivity contribution >= 4 is 17.5 Å². The molecule has 1 aromatic rings. The van der Waals surface area contributed by atoms with Gasteiger partial charge in [0.15, 0.2) is 0 Å². The van der Waals surface area contributed by atoms with Crippen molar-refractivity contribution < 1.29 is 14.3 Å². The van der Waals surface area contributed by atoms with E-state index in [-0.39, 0.29) is 17.9 Å². The molecule has 6 nitrogen and oxygen atoms in total. The summed E-state index contributed by atoms with van der Waals surface area (Å²) in [7, 11) is 0. The molecule has 21 heavy (non-hydrogen) atoms. The summed E-state index contributed by atoms with van der Waals surface area (Å²) in [5.41, 5.74) is 0.